The van der Waals surface area contributed by atoms with Gasteiger partial charge in [-0.2, -0.15) is 0 Å². The van der Waals surface area contributed by atoms with E-state index in [0.717, 1.165) is 5.57 Å². The number of ketones is 1. The fourth-order valence-corrected chi connectivity index (χ4v) is 2.05. The van der Waals surface area contributed by atoms with Crippen molar-refractivity contribution in [3.05, 3.63) is 23.9 Å². The summed E-state index contributed by atoms with van der Waals surface area (Å²) in [7, 11) is 0. The smallest absolute Gasteiger partial charge is 0.255 e. The summed E-state index contributed by atoms with van der Waals surface area (Å²) >= 11 is 0. The van der Waals surface area contributed by atoms with Gasteiger partial charge in [-0.25, -0.2) is 0 Å². The van der Waals surface area contributed by atoms with Crippen LogP contribution in [-0.2, 0) is 9.59 Å². The third-order valence-electron chi connectivity index (χ3n) is 2.97. The molecule has 4 heteroatoms. The standard InChI is InChI=1S/C14H20N2O2/c1-5-15-11(4)13(10(2)3)14(18)16-8-6-12(17)7-9-16/h5H,1,6-9H2,2-4H3. The number of piperidine rings is 1. The number of rotatable bonds is 3. The highest BCUT2D eigenvalue weighted by molar-refractivity contribution is 6.21. The van der Waals surface area contributed by atoms with Crippen LogP contribution in [0.15, 0.2) is 28.9 Å². The molecule has 1 aliphatic heterocycles. The van der Waals surface area contributed by atoms with E-state index < -0.39 is 0 Å². The summed E-state index contributed by atoms with van der Waals surface area (Å²) in [5.41, 5.74) is 2.23. The van der Waals surface area contributed by atoms with Crippen molar-refractivity contribution in [3.8, 4) is 0 Å². The molecule has 0 bridgehead atoms. The monoisotopic (exact) mass is 248 g/mol. The molecule has 1 rings (SSSR count). The van der Waals surface area contributed by atoms with Crippen molar-refractivity contribution in [2.75, 3.05) is 13.1 Å². The maximum absolute atomic E-state index is 12.4. The van der Waals surface area contributed by atoms with E-state index in [-0.39, 0.29) is 11.7 Å². The number of hydrogen-bond acceptors (Lipinski definition) is 3. The van der Waals surface area contributed by atoms with Crippen LogP contribution in [0.4, 0.5) is 0 Å². The van der Waals surface area contributed by atoms with E-state index in [4.69, 9.17) is 0 Å². The summed E-state index contributed by atoms with van der Waals surface area (Å²) < 4.78 is 0. The zero-order chi connectivity index (χ0) is 13.7. The minimum atomic E-state index is -0.0365. The van der Waals surface area contributed by atoms with Gasteiger partial charge in [0.1, 0.15) is 5.78 Å². The van der Waals surface area contributed by atoms with E-state index in [1.807, 2.05) is 13.8 Å². The lowest BCUT2D eigenvalue weighted by molar-refractivity contribution is -0.130. The lowest BCUT2D eigenvalue weighted by atomic mass is 10.0. The average Bonchev–Trinajstić information content (AvgIpc) is 2.29. The van der Waals surface area contributed by atoms with Gasteiger partial charge in [-0.15, -0.1) is 0 Å². The predicted octanol–water partition coefficient (Wildman–Crippen LogP) is 2.12. The molecule has 0 saturated carbocycles. The second kappa shape index (κ2) is 6.28. The predicted molar refractivity (Wildman–Crippen MR) is 72.5 cm³/mol. The summed E-state index contributed by atoms with van der Waals surface area (Å²) in [6.45, 7) is 10.2. The number of allylic oxidation sites excluding steroid dienone is 1. The Hall–Kier alpha value is -1.71. The van der Waals surface area contributed by atoms with Crippen LogP contribution in [0.1, 0.15) is 33.6 Å². The molecule has 0 aromatic carbocycles. The van der Waals surface area contributed by atoms with Crippen molar-refractivity contribution in [3.63, 3.8) is 0 Å². The molecule has 1 saturated heterocycles. The van der Waals surface area contributed by atoms with Crippen LogP contribution in [0, 0.1) is 0 Å². The van der Waals surface area contributed by atoms with Gasteiger partial charge in [0.2, 0.25) is 0 Å². The maximum Gasteiger partial charge on any atom is 0.255 e. The Bertz CT molecular complexity index is 419. The van der Waals surface area contributed by atoms with Gasteiger partial charge in [0.15, 0.2) is 0 Å². The van der Waals surface area contributed by atoms with Crippen LogP contribution >= 0.6 is 0 Å². The Morgan fingerprint density at radius 2 is 1.83 bits per heavy atom. The molecule has 0 aliphatic carbocycles. The maximum atomic E-state index is 12.4. The fourth-order valence-electron chi connectivity index (χ4n) is 2.05. The topological polar surface area (TPSA) is 49.7 Å². The summed E-state index contributed by atoms with van der Waals surface area (Å²) in [6.07, 6.45) is 2.35. The minimum absolute atomic E-state index is 0.0365. The molecule has 18 heavy (non-hydrogen) atoms. The number of hydrogen-bond donors (Lipinski definition) is 0. The van der Waals surface area contributed by atoms with E-state index in [1.165, 1.54) is 6.20 Å². The van der Waals surface area contributed by atoms with E-state index in [1.54, 1.807) is 11.8 Å². The molecule has 1 heterocycles. The Morgan fingerprint density at radius 3 is 2.28 bits per heavy atom. The first-order valence-corrected chi connectivity index (χ1v) is 6.11. The van der Waals surface area contributed by atoms with Crippen LogP contribution in [0.25, 0.3) is 0 Å². The molecule has 0 N–H and O–H groups in total. The highest BCUT2D eigenvalue weighted by Crippen LogP contribution is 2.14. The quantitative estimate of drug-likeness (QED) is 0.567. The van der Waals surface area contributed by atoms with Crippen molar-refractivity contribution in [2.45, 2.75) is 33.6 Å². The van der Waals surface area contributed by atoms with Gasteiger partial charge >= 0.3 is 0 Å². The van der Waals surface area contributed by atoms with E-state index in [9.17, 15) is 9.59 Å². The van der Waals surface area contributed by atoms with E-state index in [2.05, 4.69) is 11.6 Å². The molecule has 0 aromatic rings. The molecule has 0 atom stereocenters. The Balaban J connectivity index is 2.92. The largest absolute Gasteiger partial charge is 0.338 e. The highest BCUT2D eigenvalue weighted by atomic mass is 16.2. The summed E-state index contributed by atoms with van der Waals surface area (Å²) in [5.74, 6) is 0.194. The number of carbonyl (C=O) groups is 2. The van der Waals surface area contributed by atoms with Crippen LogP contribution in [-0.4, -0.2) is 35.4 Å². The van der Waals surface area contributed by atoms with E-state index >= 15 is 0 Å². The molecule has 98 valence electrons. The van der Waals surface area contributed by atoms with Gasteiger partial charge in [-0.1, -0.05) is 12.2 Å². The molecule has 0 spiro atoms. The van der Waals surface area contributed by atoms with Crippen LogP contribution in [0.5, 0.6) is 0 Å². The van der Waals surface area contributed by atoms with Crippen LogP contribution in [0.3, 0.4) is 0 Å². The summed E-state index contributed by atoms with van der Waals surface area (Å²) in [6, 6.07) is 0. The number of likely N-dealkylation sites (tertiary alicyclic amines) is 1. The average molecular weight is 248 g/mol. The lowest BCUT2D eigenvalue weighted by Crippen LogP contribution is -2.40. The van der Waals surface area contributed by atoms with Crippen molar-refractivity contribution in [2.24, 2.45) is 4.99 Å². The molecule has 1 amide bonds. The summed E-state index contributed by atoms with van der Waals surface area (Å²) in [5, 5.41) is 0. The SMILES string of the molecule is C=CN=C(C)C(C(=O)N1CCC(=O)CC1)=C(C)C. The normalized spacial score (nSPS) is 16.5. The second-order valence-electron chi connectivity index (χ2n) is 4.60. The first-order chi connectivity index (χ1) is 8.47. The van der Waals surface area contributed by atoms with Gasteiger partial charge in [0.05, 0.1) is 5.57 Å². The molecule has 4 nitrogen and oxygen atoms in total. The number of Topliss-reactive ketones (excluding diaryl/α,β-unsaturated/α-hetero) is 1. The molecule has 1 aliphatic rings. The first kappa shape index (κ1) is 14.4. The Kier molecular flexibility index (Phi) is 5.01. The molecular weight excluding hydrogens is 228 g/mol. The third-order valence-corrected chi connectivity index (χ3v) is 2.97. The van der Waals surface area contributed by atoms with Crippen molar-refractivity contribution >= 4 is 17.4 Å². The van der Waals surface area contributed by atoms with Gasteiger partial charge in [-0.05, 0) is 20.8 Å². The number of aliphatic imine (C=N–C) groups is 1. The Labute approximate surface area is 108 Å². The summed E-state index contributed by atoms with van der Waals surface area (Å²) in [4.78, 5) is 29.4. The van der Waals surface area contributed by atoms with Crippen molar-refractivity contribution in [1.82, 2.24) is 4.90 Å². The lowest BCUT2D eigenvalue weighted by Gasteiger charge is -2.27. The third kappa shape index (κ3) is 3.39. The van der Waals surface area contributed by atoms with Crippen LogP contribution in [0.2, 0.25) is 0 Å². The number of carbonyl (C=O) groups excluding carboxylic acids is 2. The highest BCUT2D eigenvalue weighted by Gasteiger charge is 2.25. The zero-order valence-electron chi connectivity index (χ0n) is 11.3. The molecule has 1 fully saturated rings. The second-order valence-corrected chi connectivity index (χ2v) is 4.60. The van der Waals surface area contributed by atoms with Gasteiger partial charge in [-0.3, -0.25) is 14.6 Å². The number of amides is 1. The molecular formula is C14H20N2O2. The van der Waals surface area contributed by atoms with E-state index in [0.29, 0.717) is 37.2 Å². The van der Waals surface area contributed by atoms with Crippen molar-refractivity contribution < 1.29 is 9.59 Å². The molecule has 0 radical (unpaired) electrons. The van der Waals surface area contributed by atoms with Crippen molar-refractivity contribution in [1.29, 1.82) is 0 Å². The van der Waals surface area contributed by atoms with Gasteiger partial charge in [0, 0.05) is 37.8 Å². The fraction of sp³-hybridized carbons (Fsp3) is 0.500. The first-order valence-electron chi connectivity index (χ1n) is 6.11. The minimum Gasteiger partial charge on any atom is -0.338 e. The number of nitrogens with zero attached hydrogens (tertiary/aromatic N) is 2. The van der Waals surface area contributed by atoms with Gasteiger partial charge < -0.3 is 4.90 Å². The zero-order valence-corrected chi connectivity index (χ0v) is 11.3. The van der Waals surface area contributed by atoms with Gasteiger partial charge in [0.25, 0.3) is 5.91 Å². The molecule has 0 unspecified atom stereocenters. The Morgan fingerprint density at radius 1 is 1.28 bits per heavy atom. The van der Waals surface area contributed by atoms with Crippen LogP contribution < -0.4 is 0 Å². The molecule has 0 aromatic heterocycles.